The fourth-order valence-corrected chi connectivity index (χ4v) is 0.945. The molecule has 0 radical (unpaired) electrons. The van der Waals surface area contributed by atoms with E-state index in [2.05, 4.69) is 20.3 Å². The van der Waals surface area contributed by atoms with Crippen LogP contribution in [0.15, 0.2) is 12.1 Å². The highest BCUT2D eigenvalue weighted by molar-refractivity contribution is 6.29. The predicted molar refractivity (Wildman–Crippen MR) is 54.9 cm³/mol. The van der Waals surface area contributed by atoms with Gasteiger partial charge in [0.05, 0.1) is 6.54 Å². The van der Waals surface area contributed by atoms with Crippen LogP contribution in [0.25, 0.3) is 0 Å². The van der Waals surface area contributed by atoms with Gasteiger partial charge < -0.3 is 15.8 Å². The molecule has 0 atom stereocenters. The van der Waals surface area contributed by atoms with Gasteiger partial charge in [-0.15, -0.1) is 10.2 Å². The zero-order valence-electron chi connectivity index (χ0n) is 8.14. The first kappa shape index (κ1) is 12.2. The number of carbonyl (C=O) groups excluding carboxylic acids is 2. The molecule has 86 valence electrons. The Morgan fingerprint density at radius 1 is 1.44 bits per heavy atom. The average molecular weight is 245 g/mol. The van der Waals surface area contributed by atoms with E-state index < -0.39 is 12.0 Å². The summed E-state index contributed by atoms with van der Waals surface area (Å²) in [6.45, 7) is 0.147. The van der Waals surface area contributed by atoms with E-state index in [1.54, 1.807) is 0 Å². The van der Waals surface area contributed by atoms with Crippen molar-refractivity contribution in [3.05, 3.63) is 23.0 Å². The highest BCUT2D eigenvalue weighted by atomic mass is 35.5. The Bertz CT molecular complexity index is 381. The van der Waals surface area contributed by atoms with Crippen molar-refractivity contribution in [2.24, 2.45) is 5.73 Å². The Hall–Kier alpha value is -1.89. The molecule has 2 amide bonds. The molecule has 0 spiro atoms. The summed E-state index contributed by atoms with van der Waals surface area (Å²) in [5.41, 5.74) is 4.85. The van der Waals surface area contributed by atoms with Crippen LogP contribution in [-0.4, -0.2) is 35.3 Å². The van der Waals surface area contributed by atoms with E-state index in [0.29, 0.717) is 0 Å². The third kappa shape index (κ3) is 4.09. The lowest BCUT2D eigenvalue weighted by atomic mass is 10.4. The summed E-state index contributed by atoms with van der Waals surface area (Å²) in [6, 6.07) is 2.88. The first-order chi connectivity index (χ1) is 7.59. The van der Waals surface area contributed by atoms with Crippen molar-refractivity contribution >= 4 is 23.6 Å². The van der Waals surface area contributed by atoms with Crippen LogP contribution in [0.4, 0.5) is 4.79 Å². The number of nitrogens with zero attached hydrogens (tertiary/aromatic N) is 2. The summed E-state index contributed by atoms with van der Waals surface area (Å²) in [5.74, 6) is -0.433. The minimum absolute atomic E-state index is 0.00208. The molecule has 0 saturated carbocycles. The second-order valence-corrected chi connectivity index (χ2v) is 3.05. The third-order valence-electron chi connectivity index (χ3n) is 1.50. The SMILES string of the molecule is NC(=O)OCCNC(=O)c1ccc(Cl)nn1. The maximum Gasteiger partial charge on any atom is 0.404 e. The number of amides is 2. The van der Waals surface area contributed by atoms with Crippen LogP contribution in [0.5, 0.6) is 0 Å². The van der Waals surface area contributed by atoms with E-state index >= 15 is 0 Å². The topological polar surface area (TPSA) is 107 Å². The standard InChI is InChI=1S/C8H9ClN4O3/c9-6-2-1-5(12-13-6)7(14)11-3-4-16-8(10)15/h1-2H,3-4H2,(H2,10,15)(H,11,14). The number of hydrogen-bond acceptors (Lipinski definition) is 5. The average Bonchev–Trinajstić information content (AvgIpc) is 2.25. The maximum absolute atomic E-state index is 11.4. The van der Waals surface area contributed by atoms with Gasteiger partial charge in [0.15, 0.2) is 10.8 Å². The number of hydrogen-bond donors (Lipinski definition) is 2. The van der Waals surface area contributed by atoms with Crippen molar-refractivity contribution < 1.29 is 14.3 Å². The largest absolute Gasteiger partial charge is 0.448 e. The lowest BCUT2D eigenvalue weighted by Gasteiger charge is -2.03. The van der Waals surface area contributed by atoms with Crippen molar-refractivity contribution in [1.29, 1.82) is 0 Å². The molecule has 1 heterocycles. The second-order valence-electron chi connectivity index (χ2n) is 2.66. The summed E-state index contributed by atoms with van der Waals surface area (Å²) in [7, 11) is 0. The molecule has 1 rings (SSSR count). The molecule has 0 aliphatic heterocycles. The van der Waals surface area contributed by atoms with Crippen LogP contribution < -0.4 is 11.1 Å². The number of ether oxygens (including phenoxy) is 1. The number of nitrogens with one attached hydrogen (secondary N) is 1. The molecular weight excluding hydrogens is 236 g/mol. The number of nitrogens with two attached hydrogens (primary N) is 1. The van der Waals surface area contributed by atoms with Crippen LogP contribution in [0.1, 0.15) is 10.5 Å². The van der Waals surface area contributed by atoms with Crippen molar-refractivity contribution in [1.82, 2.24) is 15.5 Å². The van der Waals surface area contributed by atoms with Crippen LogP contribution in [0.2, 0.25) is 5.15 Å². The normalized spacial score (nSPS) is 9.56. The van der Waals surface area contributed by atoms with E-state index in [9.17, 15) is 9.59 Å². The lowest BCUT2D eigenvalue weighted by Crippen LogP contribution is -2.29. The van der Waals surface area contributed by atoms with Crippen molar-refractivity contribution in [2.75, 3.05) is 13.2 Å². The van der Waals surface area contributed by atoms with Gasteiger partial charge in [-0.1, -0.05) is 11.6 Å². The van der Waals surface area contributed by atoms with Gasteiger partial charge in [-0.25, -0.2) is 4.79 Å². The molecule has 1 aromatic heterocycles. The highest BCUT2D eigenvalue weighted by Gasteiger charge is 2.06. The molecule has 8 heteroatoms. The number of carbonyl (C=O) groups is 2. The fourth-order valence-electron chi connectivity index (χ4n) is 0.844. The van der Waals surface area contributed by atoms with Crippen LogP contribution >= 0.6 is 11.6 Å². The first-order valence-corrected chi connectivity index (χ1v) is 4.67. The Balaban J connectivity index is 2.35. The van der Waals surface area contributed by atoms with Gasteiger partial charge >= 0.3 is 6.09 Å². The zero-order valence-corrected chi connectivity index (χ0v) is 8.90. The zero-order chi connectivity index (χ0) is 12.0. The van der Waals surface area contributed by atoms with E-state index in [-0.39, 0.29) is 24.0 Å². The van der Waals surface area contributed by atoms with Gasteiger partial charge in [-0.2, -0.15) is 0 Å². The number of rotatable bonds is 4. The first-order valence-electron chi connectivity index (χ1n) is 4.29. The van der Waals surface area contributed by atoms with Gasteiger partial charge in [-0.3, -0.25) is 4.79 Å². The molecule has 0 unspecified atom stereocenters. The van der Waals surface area contributed by atoms with E-state index in [4.69, 9.17) is 17.3 Å². The Morgan fingerprint density at radius 3 is 2.75 bits per heavy atom. The molecule has 0 fully saturated rings. The lowest BCUT2D eigenvalue weighted by molar-refractivity contribution is 0.0931. The van der Waals surface area contributed by atoms with Crippen LogP contribution in [0.3, 0.4) is 0 Å². The summed E-state index contributed by atoms with van der Waals surface area (Å²) >= 11 is 5.50. The fraction of sp³-hybridized carbons (Fsp3) is 0.250. The van der Waals surface area contributed by atoms with E-state index in [0.717, 1.165) is 0 Å². The minimum Gasteiger partial charge on any atom is -0.448 e. The van der Waals surface area contributed by atoms with E-state index in [1.807, 2.05) is 0 Å². The van der Waals surface area contributed by atoms with Crippen LogP contribution in [0, 0.1) is 0 Å². The Morgan fingerprint density at radius 2 is 2.19 bits per heavy atom. The number of primary amides is 1. The third-order valence-corrected chi connectivity index (χ3v) is 1.70. The Kier molecular flexibility index (Phi) is 4.46. The molecule has 16 heavy (non-hydrogen) atoms. The maximum atomic E-state index is 11.4. The summed E-state index contributed by atoms with van der Waals surface area (Å²) in [6.07, 6.45) is -0.888. The highest BCUT2D eigenvalue weighted by Crippen LogP contribution is 2.01. The minimum atomic E-state index is -0.888. The molecule has 3 N–H and O–H groups in total. The monoisotopic (exact) mass is 244 g/mol. The molecule has 0 aromatic carbocycles. The van der Waals surface area contributed by atoms with Gasteiger partial charge in [0.2, 0.25) is 0 Å². The van der Waals surface area contributed by atoms with Crippen molar-refractivity contribution in [2.45, 2.75) is 0 Å². The smallest absolute Gasteiger partial charge is 0.404 e. The second kappa shape index (κ2) is 5.86. The van der Waals surface area contributed by atoms with Crippen molar-refractivity contribution in [3.8, 4) is 0 Å². The Labute approximate surface area is 95.9 Å². The summed E-state index contributed by atoms with van der Waals surface area (Å²) in [5, 5.41) is 9.73. The molecule has 0 bridgehead atoms. The molecule has 0 saturated heterocycles. The molecule has 0 aliphatic carbocycles. The van der Waals surface area contributed by atoms with Gasteiger partial charge in [0, 0.05) is 0 Å². The van der Waals surface area contributed by atoms with Crippen LogP contribution in [-0.2, 0) is 4.74 Å². The summed E-state index contributed by atoms with van der Waals surface area (Å²) in [4.78, 5) is 21.6. The van der Waals surface area contributed by atoms with Gasteiger partial charge in [0.25, 0.3) is 5.91 Å². The molecule has 1 aromatic rings. The summed E-state index contributed by atoms with van der Waals surface area (Å²) < 4.78 is 4.41. The quantitative estimate of drug-likeness (QED) is 0.723. The van der Waals surface area contributed by atoms with E-state index in [1.165, 1.54) is 12.1 Å². The predicted octanol–water partition coefficient (Wildman–Crippen LogP) is -0.0449. The number of aromatic nitrogens is 2. The molecule has 0 aliphatic rings. The molecular formula is C8H9ClN4O3. The van der Waals surface area contributed by atoms with Gasteiger partial charge in [-0.05, 0) is 12.1 Å². The number of halogens is 1. The van der Waals surface area contributed by atoms with Gasteiger partial charge in [0.1, 0.15) is 6.61 Å². The molecule has 7 nitrogen and oxygen atoms in total. The van der Waals surface area contributed by atoms with Crippen molar-refractivity contribution in [3.63, 3.8) is 0 Å².